The first kappa shape index (κ1) is 15.1. The molecule has 19 heavy (non-hydrogen) atoms. The van der Waals surface area contributed by atoms with Crippen LogP contribution in [-0.4, -0.2) is 24.0 Å². The van der Waals surface area contributed by atoms with Crippen LogP contribution in [0.1, 0.15) is 38.3 Å². The van der Waals surface area contributed by atoms with E-state index in [1.165, 1.54) is 12.8 Å². The minimum Gasteiger partial charge on any atom is -0.329 e. The number of hydrogen-bond donors (Lipinski definition) is 1. The average Bonchev–Trinajstić information content (AvgIpc) is 3.15. The van der Waals surface area contributed by atoms with Crippen molar-refractivity contribution in [2.75, 3.05) is 13.1 Å². The van der Waals surface area contributed by atoms with Crippen LogP contribution < -0.4 is 5.73 Å². The Balaban J connectivity index is 2.30. The fourth-order valence-corrected chi connectivity index (χ4v) is 3.19. The van der Waals surface area contributed by atoms with E-state index in [1.807, 2.05) is 18.2 Å². The fourth-order valence-electron chi connectivity index (χ4n) is 2.54. The summed E-state index contributed by atoms with van der Waals surface area (Å²) in [6.07, 6.45) is 2.66. The van der Waals surface area contributed by atoms with Crippen LogP contribution in [0.4, 0.5) is 0 Å². The maximum absolute atomic E-state index is 6.34. The zero-order valence-corrected chi connectivity index (χ0v) is 13.1. The van der Waals surface area contributed by atoms with Crippen LogP contribution in [0.15, 0.2) is 18.2 Å². The number of rotatable bonds is 6. The molecule has 1 aromatic rings. The Morgan fingerprint density at radius 2 is 1.84 bits per heavy atom. The molecule has 1 unspecified atom stereocenters. The van der Waals surface area contributed by atoms with Crippen LogP contribution in [0.25, 0.3) is 0 Å². The molecule has 1 aliphatic rings. The second-order valence-electron chi connectivity index (χ2n) is 5.62. The van der Waals surface area contributed by atoms with Gasteiger partial charge in [-0.05, 0) is 44.7 Å². The van der Waals surface area contributed by atoms with Crippen molar-refractivity contribution in [1.82, 2.24) is 4.90 Å². The van der Waals surface area contributed by atoms with Crippen LogP contribution in [0, 0.1) is 5.92 Å². The molecule has 4 heteroatoms. The maximum Gasteiger partial charge on any atom is 0.0502 e. The lowest BCUT2D eigenvalue weighted by molar-refractivity contribution is 0.150. The van der Waals surface area contributed by atoms with Crippen molar-refractivity contribution in [3.63, 3.8) is 0 Å². The van der Waals surface area contributed by atoms with E-state index >= 15 is 0 Å². The van der Waals surface area contributed by atoms with Gasteiger partial charge in [-0.3, -0.25) is 4.90 Å². The third kappa shape index (κ3) is 3.63. The fraction of sp³-hybridized carbons (Fsp3) is 0.600. The van der Waals surface area contributed by atoms with Crippen molar-refractivity contribution >= 4 is 23.2 Å². The number of halogens is 2. The third-order valence-electron chi connectivity index (χ3n) is 3.79. The molecule has 1 atom stereocenters. The Morgan fingerprint density at radius 3 is 2.26 bits per heavy atom. The van der Waals surface area contributed by atoms with Gasteiger partial charge in [-0.25, -0.2) is 0 Å². The highest BCUT2D eigenvalue weighted by atomic mass is 35.5. The van der Waals surface area contributed by atoms with Gasteiger partial charge < -0.3 is 5.73 Å². The first-order chi connectivity index (χ1) is 9.04. The van der Waals surface area contributed by atoms with Gasteiger partial charge in [-0.2, -0.15) is 0 Å². The third-order valence-corrected chi connectivity index (χ3v) is 4.44. The molecule has 0 aliphatic heterocycles. The quantitative estimate of drug-likeness (QED) is 0.856. The lowest BCUT2D eigenvalue weighted by Crippen LogP contribution is -2.40. The molecule has 0 aromatic heterocycles. The predicted octanol–water partition coefficient (Wildman–Crippen LogP) is 4.11. The Kier molecular flexibility index (Phi) is 5.13. The minimum atomic E-state index is 0.0989. The van der Waals surface area contributed by atoms with Crippen LogP contribution >= 0.6 is 23.2 Å². The predicted molar refractivity (Wildman–Crippen MR) is 82.8 cm³/mol. The summed E-state index contributed by atoms with van der Waals surface area (Å²) in [5.41, 5.74) is 6.99. The van der Waals surface area contributed by atoms with Crippen molar-refractivity contribution in [2.24, 2.45) is 11.7 Å². The lowest BCUT2D eigenvalue weighted by atomic mass is 10.0. The molecule has 0 bridgehead atoms. The zero-order chi connectivity index (χ0) is 14.0. The summed E-state index contributed by atoms with van der Waals surface area (Å²) in [4.78, 5) is 2.44. The summed E-state index contributed by atoms with van der Waals surface area (Å²) >= 11 is 12.7. The summed E-state index contributed by atoms with van der Waals surface area (Å²) in [5.74, 6) is 0.817. The summed E-state index contributed by atoms with van der Waals surface area (Å²) in [6, 6.07) is 6.19. The zero-order valence-electron chi connectivity index (χ0n) is 11.6. The van der Waals surface area contributed by atoms with Gasteiger partial charge in [0.15, 0.2) is 0 Å². The van der Waals surface area contributed by atoms with Gasteiger partial charge in [0.05, 0.1) is 6.04 Å². The van der Waals surface area contributed by atoms with Crippen LogP contribution in [0.3, 0.4) is 0 Å². The standard InChI is InChI=1S/C15H22Cl2N2/c1-10(2)19(9-11-6-7-11)14(8-18)15-12(16)4-3-5-13(15)17/h3-5,10-11,14H,6-9,18H2,1-2H3. The Hall–Kier alpha value is -0.280. The van der Waals surface area contributed by atoms with E-state index < -0.39 is 0 Å². The monoisotopic (exact) mass is 300 g/mol. The molecule has 2 nitrogen and oxygen atoms in total. The molecular weight excluding hydrogens is 279 g/mol. The Morgan fingerprint density at radius 1 is 1.26 bits per heavy atom. The van der Waals surface area contributed by atoms with Gasteiger partial charge in [-0.15, -0.1) is 0 Å². The SMILES string of the molecule is CC(C)N(CC1CC1)C(CN)c1c(Cl)cccc1Cl. The van der Waals surface area contributed by atoms with E-state index in [1.54, 1.807) is 0 Å². The number of nitrogens with zero attached hydrogens (tertiary/aromatic N) is 1. The maximum atomic E-state index is 6.34. The molecular formula is C15H22Cl2N2. The van der Waals surface area contributed by atoms with Crippen LogP contribution in [0.2, 0.25) is 10.0 Å². The summed E-state index contributed by atoms with van der Waals surface area (Å²) in [5, 5.41) is 1.42. The highest BCUT2D eigenvalue weighted by Crippen LogP contribution is 2.37. The van der Waals surface area contributed by atoms with Crippen molar-refractivity contribution < 1.29 is 0 Å². The largest absolute Gasteiger partial charge is 0.329 e. The summed E-state index contributed by atoms with van der Waals surface area (Å²) in [7, 11) is 0. The van der Waals surface area contributed by atoms with Gasteiger partial charge in [0.2, 0.25) is 0 Å². The molecule has 0 heterocycles. The first-order valence-electron chi connectivity index (χ1n) is 6.94. The topological polar surface area (TPSA) is 29.3 Å². The molecule has 0 spiro atoms. The van der Waals surface area contributed by atoms with Gasteiger partial charge in [-0.1, -0.05) is 29.3 Å². The first-order valence-corrected chi connectivity index (χ1v) is 7.70. The van der Waals surface area contributed by atoms with E-state index in [4.69, 9.17) is 28.9 Å². The molecule has 0 saturated heterocycles. The molecule has 2 rings (SSSR count). The Labute approximate surface area is 125 Å². The van der Waals surface area contributed by atoms with Crippen molar-refractivity contribution in [2.45, 2.75) is 38.8 Å². The molecule has 1 aliphatic carbocycles. The van der Waals surface area contributed by atoms with E-state index in [2.05, 4.69) is 18.7 Å². The molecule has 0 amide bonds. The molecule has 2 N–H and O–H groups in total. The molecule has 1 saturated carbocycles. The molecule has 106 valence electrons. The average molecular weight is 301 g/mol. The summed E-state index contributed by atoms with van der Waals surface area (Å²) < 4.78 is 0. The van der Waals surface area contributed by atoms with E-state index in [9.17, 15) is 0 Å². The van der Waals surface area contributed by atoms with E-state index in [0.717, 1.165) is 18.0 Å². The van der Waals surface area contributed by atoms with E-state index in [0.29, 0.717) is 22.6 Å². The van der Waals surface area contributed by atoms with Gasteiger partial charge in [0.25, 0.3) is 0 Å². The summed E-state index contributed by atoms with van der Waals surface area (Å²) in [6.45, 7) is 6.03. The van der Waals surface area contributed by atoms with Crippen molar-refractivity contribution in [3.05, 3.63) is 33.8 Å². The number of benzene rings is 1. The molecule has 0 radical (unpaired) electrons. The lowest BCUT2D eigenvalue weighted by Gasteiger charge is -2.35. The second kappa shape index (κ2) is 6.45. The highest BCUT2D eigenvalue weighted by molar-refractivity contribution is 6.36. The molecule has 1 aromatic carbocycles. The minimum absolute atomic E-state index is 0.0989. The smallest absolute Gasteiger partial charge is 0.0502 e. The number of nitrogens with two attached hydrogens (primary N) is 1. The van der Waals surface area contributed by atoms with Gasteiger partial charge in [0.1, 0.15) is 0 Å². The Bertz CT molecular complexity index is 410. The van der Waals surface area contributed by atoms with Crippen molar-refractivity contribution in [3.8, 4) is 0 Å². The van der Waals surface area contributed by atoms with Crippen LogP contribution in [-0.2, 0) is 0 Å². The second-order valence-corrected chi connectivity index (χ2v) is 6.44. The highest BCUT2D eigenvalue weighted by Gasteiger charge is 2.31. The van der Waals surface area contributed by atoms with Crippen molar-refractivity contribution in [1.29, 1.82) is 0 Å². The van der Waals surface area contributed by atoms with Gasteiger partial charge >= 0.3 is 0 Å². The normalized spacial score (nSPS) is 17.2. The van der Waals surface area contributed by atoms with Crippen LogP contribution in [0.5, 0.6) is 0 Å². The molecule has 1 fully saturated rings. The van der Waals surface area contributed by atoms with E-state index in [-0.39, 0.29) is 6.04 Å². The number of hydrogen-bond acceptors (Lipinski definition) is 2. The van der Waals surface area contributed by atoms with Gasteiger partial charge in [0, 0.05) is 34.7 Å².